The van der Waals surface area contributed by atoms with E-state index < -0.39 is 0 Å². The molecule has 2 aromatic rings. The van der Waals surface area contributed by atoms with Crippen molar-refractivity contribution in [3.63, 3.8) is 0 Å². The summed E-state index contributed by atoms with van der Waals surface area (Å²) < 4.78 is 0.0179. The van der Waals surface area contributed by atoms with Gasteiger partial charge in [0.1, 0.15) is 4.83 Å². The molecule has 0 radical (unpaired) electrons. The highest BCUT2D eigenvalue weighted by Gasteiger charge is 2.10. The molecule has 0 saturated heterocycles. The van der Waals surface area contributed by atoms with Crippen LogP contribution in [0.2, 0.25) is 0 Å². The molecule has 0 amide bonds. The molecule has 0 saturated carbocycles. The molecule has 0 bridgehead atoms. The third kappa shape index (κ3) is 1.24. The zero-order valence-electron chi connectivity index (χ0n) is 7.25. The zero-order valence-corrected chi connectivity index (χ0v) is 8.88. The summed E-state index contributed by atoms with van der Waals surface area (Å²) >= 11 is 2.53. The van der Waals surface area contributed by atoms with Gasteiger partial charge in [-0.2, -0.15) is 0 Å². The molecule has 2 aromatic heterocycles. The first-order valence-electron chi connectivity index (χ1n) is 3.76. The van der Waals surface area contributed by atoms with E-state index in [1.54, 1.807) is 0 Å². The molecule has 0 fully saturated rings. The van der Waals surface area contributed by atoms with Gasteiger partial charge in [0, 0.05) is 4.88 Å². The maximum absolute atomic E-state index is 11.5. The minimum atomic E-state index is 0.0179. The number of thiophene rings is 1. The number of aromatic nitrogens is 1. The van der Waals surface area contributed by atoms with Crippen molar-refractivity contribution in [1.29, 1.82) is 0 Å². The Bertz CT molecular complexity index is 527. The standard InChI is InChI=1S/C8H8N2OS2/c1-3-4(2)12-6-5(3)7(11)13-8(9)10-6/h1-2H3,(H2,9,10). The van der Waals surface area contributed by atoms with Crippen LogP contribution in [-0.4, -0.2) is 4.98 Å². The average molecular weight is 212 g/mol. The first-order valence-corrected chi connectivity index (χ1v) is 5.39. The van der Waals surface area contributed by atoms with Gasteiger partial charge >= 0.3 is 0 Å². The Balaban J connectivity index is 3.03. The average Bonchev–Trinajstić information content (AvgIpc) is 2.27. The number of nitrogens with zero attached hydrogens (tertiary/aromatic N) is 1. The van der Waals surface area contributed by atoms with E-state index in [2.05, 4.69) is 4.98 Å². The fourth-order valence-electron chi connectivity index (χ4n) is 1.20. The minimum absolute atomic E-state index is 0.0179. The molecule has 2 rings (SSSR count). The summed E-state index contributed by atoms with van der Waals surface area (Å²) in [6.45, 7) is 3.93. The molecule has 0 atom stereocenters. The van der Waals surface area contributed by atoms with E-state index in [-0.39, 0.29) is 4.74 Å². The number of aryl methyl sites for hydroxylation is 2. The summed E-state index contributed by atoms with van der Waals surface area (Å²) in [5.74, 6) is 0. The van der Waals surface area contributed by atoms with E-state index in [1.807, 2.05) is 13.8 Å². The quantitative estimate of drug-likeness (QED) is 0.725. The number of rotatable bonds is 0. The van der Waals surface area contributed by atoms with E-state index in [0.29, 0.717) is 5.13 Å². The first kappa shape index (κ1) is 8.65. The van der Waals surface area contributed by atoms with Crippen LogP contribution in [0, 0.1) is 13.8 Å². The number of hydrogen-bond donors (Lipinski definition) is 1. The highest BCUT2D eigenvalue weighted by molar-refractivity contribution is 7.20. The number of anilines is 1. The van der Waals surface area contributed by atoms with Crippen molar-refractivity contribution >= 4 is 38.0 Å². The van der Waals surface area contributed by atoms with Gasteiger partial charge in [-0.25, -0.2) is 4.98 Å². The summed E-state index contributed by atoms with van der Waals surface area (Å²) in [5, 5.41) is 1.08. The highest BCUT2D eigenvalue weighted by Crippen LogP contribution is 2.27. The molecule has 0 aliphatic heterocycles. The minimum Gasteiger partial charge on any atom is -0.375 e. The van der Waals surface area contributed by atoms with Crippen molar-refractivity contribution in [3.05, 3.63) is 20.0 Å². The molecule has 68 valence electrons. The lowest BCUT2D eigenvalue weighted by atomic mass is 10.2. The monoisotopic (exact) mass is 212 g/mol. The van der Waals surface area contributed by atoms with Crippen molar-refractivity contribution in [1.82, 2.24) is 4.98 Å². The largest absolute Gasteiger partial charge is 0.375 e. The van der Waals surface area contributed by atoms with Crippen LogP contribution in [0.3, 0.4) is 0 Å². The van der Waals surface area contributed by atoms with Gasteiger partial charge in [-0.15, -0.1) is 11.3 Å². The topological polar surface area (TPSA) is 56.0 Å². The second-order valence-corrected chi connectivity index (χ2v) is 5.00. The number of nitrogens with two attached hydrogens (primary N) is 1. The Hall–Kier alpha value is -0.940. The molecule has 0 aromatic carbocycles. The van der Waals surface area contributed by atoms with Crippen LogP contribution < -0.4 is 10.5 Å². The normalized spacial score (nSPS) is 10.9. The fraction of sp³-hybridized carbons (Fsp3) is 0.250. The molecule has 2 heterocycles. The van der Waals surface area contributed by atoms with Gasteiger partial charge in [-0.3, -0.25) is 4.79 Å². The number of fused-ring (bicyclic) bond motifs is 1. The Kier molecular flexibility index (Phi) is 1.85. The van der Waals surface area contributed by atoms with Crippen LogP contribution in [0.15, 0.2) is 4.79 Å². The van der Waals surface area contributed by atoms with Crippen molar-refractivity contribution in [3.8, 4) is 0 Å². The zero-order chi connectivity index (χ0) is 9.59. The maximum atomic E-state index is 11.5. The van der Waals surface area contributed by atoms with E-state index in [9.17, 15) is 4.79 Å². The summed E-state index contributed by atoms with van der Waals surface area (Å²) in [6, 6.07) is 0. The second kappa shape index (κ2) is 2.78. The Labute approximate surface area is 82.9 Å². The van der Waals surface area contributed by atoms with Gasteiger partial charge in [0.25, 0.3) is 0 Å². The smallest absolute Gasteiger partial charge is 0.246 e. The Morgan fingerprint density at radius 3 is 2.69 bits per heavy atom. The van der Waals surface area contributed by atoms with Gasteiger partial charge in [-0.05, 0) is 19.4 Å². The van der Waals surface area contributed by atoms with Crippen LogP contribution in [0.4, 0.5) is 5.13 Å². The second-order valence-electron chi connectivity index (χ2n) is 2.80. The lowest BCUT2D eigenvalue weighted by molar-refractivity contribution is 1.45. The molecule has 0 spiro atoms. The molecule has 0 aliphatic rings. The summed E-state index contributed by atoms with van der Waals surface area (Å²) in [5.41, 5.74) is 6.53. The van der Waals surface area contributed by atoms with Gasteiger partial charge < -0.3 is 5.73 Å². The summed E-state index contributed by atoms with van der Waals surface area (Å²) in [6.07, 6.45) is 0. The van der Waals surface area contributed by atoms with Gasteiger partial charge in [-0.1, -0.05) is 11.3 Å². The van der Waals surface area contributed by atoms with Crippen molar-refractivity contribution in [2.75, 3.05) is 5.73 Å². The number of nitrogen functional groups attached to an aromatic ring is 1. The van der Waals surface area contributed by atoms with Crippen molar-refractivity contribution in [2.24, 2.45) is 0 Å². The highest BCUT2D eigenvalue weighted by atomic mass is 32.1. The lowest BCUT2D eigenvalue weighted by Crippen LogP contribution is -1.99. The summed E-state index contributed by atoms with van der Waals surface area (Å²) in [4.78, 5) is 17.6. The van der Waals surface area contributed by atoms with E-state index in [0.717, 1.165) is 32.0 Å². The van der Waals surface area contributed by atoms with Crippen molar-refractivity contribution < 1.29 is 0 Å². The molecule has 0 aliphatic carbocycles. The van der Waals surface area contributed by atoms with Gasteiger partial charge in [0.05, 0.1) is 5.39 Å². The predicted molar refractivity (Wildman–Crippen MR) is 57.7 cm³/mol. The molecule has 3 nitrogen and oxygen atoms in total. The van der Waals surface area contributed by atoms with Crippen LogP contribution in [0.25, 0.3) is 10.2 Å². The first-order chi connectivity index (χ1) is 6.09. The molecular formula is C8H8N2OS2. The Morgan fingerprint density at radius 1 is 1.31 bits per heavy atom. The lowest BCUT2D eigenvalue weighted by Gasteiger charge is -1.90. The van der Waals surface area contributed by atoms with E-state index in [1.165, 1.54) is 11.3 Å². The van der Waals surface area contributed by atoms with E-state index in [4.69, 9.17) is 5.73 Å². The molecular weight excluding hydrogens is 204 g/mol. The van der Waals surface area contributed by atoms with Gasteiger partial charge in [0.2, 0.25) is 4.74 Å². The molecule has 5 heteroatoms. The van der Waals surface area contributed by atoms with Crippen LogP contribution in [-0.2, 0) is 0 Å². The molecule has 0 unspecified atom stereocenters. The van der Waals surface area contributed by atoms with E-state index >= 15 is 0 Å². The third-order valence-corrected chi connectivity index (χ3v) is 3.77. The number of hydrogen-bond acceptors (Lipinski definition) is 5. The molecule has 2 N–H and O–H groups in total. The van der Waals surface area contributed by atoms with Gasteiger partial charge in [0.15, 0.2) is 5.13 Å². The fourth-order valence-corrected chi connectivity index (χ4v) is 3.04. The maximum Gasteiger partial charge on any atom is 0.246 e. The van der Waals surface area contributed by atoms with Crippen LogP contribution in [0.1, 0.15) is 10.4 Å². The third-order valence-electron chi connectivity index (χ3n) is 1.98. The predicted octanol–water partition coefficient (Wildman–Crippen LogP) is 1.92. The SMILES string of the molecule is Cc1sc2nc(N)sc(=O)c2c1C. The Morgan fingerprint density at radius 2 is 2.00 bits per heavy atom. The van der Waals surface area contributed by atoms with Crippen LogP contribution in [0.5, 0.6) is 0 Å². The van der Waals surface area contributed by atoms with Crippen LogP contribution >= 0.6 is 22.7 Å². The summed E-state index contributed by atoms with van der Waals surface area (Å²) in [7, 11) is 0. The molecule has 13 heavy (non-hydrogen) atoms. The van der Waals surface area contributed by atoms with Crippen molar-refractivity contribution in [2.45, 2.75) is 13.8 Å².